The maximum Gasteiger partial charge on any atom is 0.194 e. The van der Waals surface area contributed by atoms with Crippen molar-refractivity contribution in [2.75, 3.05) is 57.4 Å². The zero-order valence-electron chi connectivity index (χ0n) is 14.6. The molecule has 1 N–H and O–H groups in total. The highest BCUT2D eigenvalue weighted by molar-refractivity contribution is 5.80. The van der Waals surface area contributed by atoms with E-state index in [1.165, 1.54) is 12.1 Å². The molecule has 0 unspecified atom stereocenters. The molecule has 2 saturated heterocycles. The first-order chi connectivity index (χ1) is 11.6. The van der Waals surface area contributed by atoms with Crippen LogP contribution in [0.15, 0.2) is 29.3 Å². The lowest BCUT2D eigenvalue weighted by atomic mass is 9.89. The maximum absolute atomic E-state index is 13.1. The van der Waals surface area contributed by atoms with E-state index in [9.17, 15) is 4.39 Å². The summed E-state index contributed by atoms with van der Waals surface area (Å²) in [5.74, 6) is 0.803. The van der Waals surface area contributed by atoms with Crippen LogP contribution in [0.5, 0.6) is 0 Å². The molecule has 24 heavy (non-hydrogen) atoms. The molecule has 0 amide bonds. The molecule has 0 aromatic heterocycles. The number of hydrogen-bond donors (Lipinski definition) is 1. The molecule has 1 aromatic rings. The van der Waals surface area contributed by atoms with Crippen LogP contribution in [0.4, 0.5) is 10.1 Å². The molecule has 2 heterocycles. The van der Waals surface area contributed by atoms with Gasteiger partial charge in [0.25, 0.3) is 0 Å². The van der Waals surface area contributed by atoms with Gasteiger partial charge in [-0.25, -0.2) is 4.39 Å². The highest BCUT2D eigenvalue weighted by atomic mass is 19.1. The van der Waals surface area contributed by atoms with Gasteiger partial charge in [-0.3, -0.25) is 4.99 Å². The van der Waals surface area contributed by atoms with Crippen molar-refractivity contribution in [1.82, 2.24) is 10.2 Å². The summed E-state index contributed by atoms with van der Waals surface area (Å²) < 4.78 is 18.4. The fourth-order valence-corrected chi connectivity index (χ4v) is 3.06. The third-order valence-corrected chi connectivity index (χ3v) is 4.62. The fraction of sp³-hybridized carbons (Fsp3) is 0.611. The van der Waals surface area contributed by atoms with Gasteiger partial charge >= 0.3 is 0 Å². The fourth-order valence-electron chi connectivity index (χ4n) is 3.06. The molecule has 6 heteroatoms. The van der Waals surface area contributed by atoms with Gasteiger partial charge in [0.1, 0.15) is 5.82 Å². The zero-order valence-corrected chi connectivity index (χ0v) is 14.6. The van der Waals surface area contributed by atoms with E-state index in [2.05, 4.69) is 29.0 Å². The number of nitrogens with zero attached hydrogens (tertiary/aromatic N) is 3. The standard InChI is InChI=1S/C18H27FN4O/c1-3-20-17(21-12-18(2)13-24-14-18)23-10-8-22(9-11-23)16-6-4-15(19)5-7-16/h4-7H,3,8-14H2,1-2H3,(H,20,21). The van der Waals surface area contributed by atoms with Crippen LogP contribution in [0.3, 0.4) is 0 Å². The van der Waals surface area contributed by atoms with Crippen molar-refractivity contribution in [2.24, 2.45) is 10.4 Å². The van der Waals surface area contributed by atoms with Gasteiger partial charge in [-0.15, -0.1) is 0 Å². The molecule has 0 saturated carbocycles. The second-order valence-corrected chi connectivity index (χ2v) is 6.92. The van der Waals surface area contributed by atoms with Crippen molar-refractivity contribution >= 4 is 11.6 Å². The number of anilines is 1. The normalized spacial score (nSPS) is 20.7. The second kappa shape index (κ2) is 7.38. The van der Waals surface area contributed by atoms with E-state index in [1.807, 2.05) is 12.1 Å². The molecule has 0 atom stereocenters. The van der Waals surface area contributed by atoms with Crippen LogP contribution < -0.4 is 10.2 Å². The molecule has 2 aliphatic heterocycles. The lowest BCUT2D eigenvalue weighted by molar-refractivity contribution is -0.0946. The molecule has 2 fully saturated rings. The topological polar surface area (TPSA) is 40.1 Å². The number of nitrogens with one attached hydrogen (secondary N) is 1. The quantitative estimate of drug-likeness (QED) is 0.675. The Morgan fingerprint density at radius 2 is 1.88 bits per heavy atom. The van der Waals surface area contributed by atoms with E-state index in [-0.39, 0.29) is 11.2 Å². The molecule has 0 bridgehead atoms. The zero-order chi connectivity index (χ0) is 17.0. The third kappa shape index (κ3) is 3.98. The third-order valence-electron chi connectivity index (χ3n) is 4.62. The van der Waals surface area contributed by atoms with Crippen LogP contribution in [0.1, 0.15) is 13.8 Å². The van der Waals surface area contributed by atoms with Gasteiger partial charge in [0, 0.05) is 43.8 Å². The predicted molar refractivity (Wildman–Crippen MR) is 95.1 cm³/mol. The van der Waals surface area contributed by atoms with Crippen molar-refractivity contribution in [3.63, 3.8) is 0 Å². The smallest absolute Gasteiger partial charge is 0.194 e. The number of guanidine groups is 1. The van der Waals surface area contributed by atoms with E-state index in [1.54, 1.807) is 0 Å². The molecule has 0 radical (unpaired) electrons. The minimum absolute atomic E-state index is 0.188. The van der Waals surface area contributed by atoms with Crippen LogP contribution in [0.2, 0.25) is 0 Å². The Bertz CT molecular complexity index is 563. The maximum atomic E-state index is 13.1. The summed E-state index contributed by atoms with van der Waals surface area (Å²) in [6.45, 7) is 11.2. The number of piperazine rings is 1. The lowest BCUT2D eigenvalue weighted by Gasteiger charge is -2.39. The van der Waals surface area contributed by atoms with E-state index < -0.39 is 0 Å². The Morgan fingerprint density at radius 1 is 1.21 bits per heavy atom. The van der Waals surface area contributed by atoms with E-state index in [0.29, 0.717) is 0 Å². The van der Waals surface area contributed by atoms with E-state index in [0.717, 1.165) is 64.1 Å². The van der Waals surface area contributed by atoms with Gasteiger partial charge in [-0.1, -0.05) is 6.92 Å². The average molecular weight is 334 g/mol. The predicted octanol–water partition coefficient (Wildman–Crippen LogP) is 1.95. The van der Waals surface area contributed by atoms with Crippen molar-refractivity contribution < 1.29 is 9.13 Å². The average Bonchev–Trinajstić information content (AvgIpc) is 2.58. The van der Waals surface area contributed by atoms with Crippen molar-refractivity contribution in [2.45, 2.75) is 13.8 Å². The minimum Gasteiger partial charge on any atom is -0.380 e. The lowest BCUT2D eigenvalue weighted by Crippen LogP contribution is -2.53. The van der Waals surface area contributed by atoms with Crippen molar-refractivity contribution in [3.05, 3.63) is 30.1 Å². The summed E-state index contributed by atoms with van der Waals surface area (Å²) in [5, 5.41) is 3.40. The van der Waals surface area contributed by atoms with Gasteiger partial charge in [-0.2, -0.15) is 0 Å². The van der Waals surface area contributed by atoms with E-state index >= 15 is 0 Å². The first-order valence-corrected chi connectivity index (χ1v) is 8.71. The molecular weight excluding hydrogens is 307 g/mol. The number of aliphatic imine (C=N–C) groups is 1. The van der Waals surface area contributed by atoms with Crippen molar-refractivity contribution in [1.29, 1.82) is 0 Å². The van der Waals surface area contributed by atoms with Crippen molar-refractivity contribution in [3.8, 4) is 0 Å². The van der Waals surface area contributed by atoms with Crippen LogP contribution in [-0.2, 0) is 4.74 Å². The summed E-state index contributed by atoms with van der Waals surface area (Å²) in [4.78, 5) is 9.43. The Morgan fingerprint density at radius 3 is 2.42 bits per heavy atom. The second-order valence-electron chi connectivity index (χ2n) is 6.92. The van der Waals surface area contributed by atoms with E-state index in [4.69, 9.17) is 9.73 Å². The monoisotopic (exact) mass is 334 g/mol. The number of benzene rings is 1. The van der Waals surface area contributed by atoms with Gasteiger partial charge in [0.2, 0.25) is 0 Å². The van der Waals surface area contributed by atoms with Gasteiger partial charge < -0.3 is 19.9 Å². The number of hydrogen-bond acceptors (Lipinski definition) is 3. The Kier molecular flexibility index (Phi) is 5.23. The largest absolute Gasteiger partial charge is 0.380 e. The first-order valence-electron chi connectivity index (χ1n) is 8.71. The molecule has 0 aliphatic carbocycles. The number of ether oxygens (including phenoxy) is 1. The Hall–Kier alpha value is -1.82. The molecule has 3 rings (SSSR count). The Labute approximate surface area is 143 Å². The summed E-state index contributed by atoms with van der Waals surface area (Å²) in [6, 6.07) is 6.74. The van der Waals surface area contributed by atoms with Gasteiger partial charge in [0.05, 0.1) is 19.8 Å². The number of rotatable bonds is 4. The summed E-state index contributed by atoms with van der Waals surface area (Å²) in [6.07, 6.45) is 0. The molecule has 1 aromatic carbocycles. The summed E-state index contributed by atoms with van der Waals surface area (Å²) in [7, 11) is 0. The number of halogens is 1. The minimum atomic E-state index is -0.188. The summed E-state index contributed by atoms with van der Waals surface area (Å²) in [5.41, 5.74) is 1.27. The molecule has 2 aliphatic rings. The highest BCUT2D eigenvalue weighted by Gasteiger charge is 2.33. The Balaban J connectivity index is 1.58. The van der Waals surface area contributed by atoms with Gasteiger partial charge in [-0.05, 0) is 31.2 Å². The van der Waals surface area contributed by atoms with Crippen LogP contribution >= 0.6 is 0 Å². The van der Waals surface area contributed by atoms with Gasteiger partial charge in [0.15, 0.2) is 5.96 Å². The molecule has 5 nitrogen and oxygen atoms in total. The molecule has 0 spiro atoms. The SMILES string of the molecule is CCNC(=NCC1(C)COC1)N1CCN(c2ccc(F)cc2)CC1. The van der Waals surface area contributed by atoms with Crippen LogP contribution in [0, 0.1) is 11.2 Å². The molecular formula is C18H27FN4O. The highest BCUT2D eigenvalue weighted by Crippen LogP contribution is 2.26. The van der Waals surface area contributed by atoms with Crippen LogP contribution in [-0.4, -0.2) is 63.3 Å². The first kappa shape index (κ1) is 17.0. The summed E-state index contributed by atoms with van der Waals surface area (Å²) >= 11 is 0. The molecule has 132 valence electrons. The van der Waals surface area contributed by atoms with Crippen LogP contribution in [0.25, 0.3) is 0 Å².